The summed E-state index contributed by atoms with van der Waals surface area (Å²) in [4.78, 5) is 14.7. The van der Waals surface area contributed by atoms with Crippen LogP contribution in [0, 0.1) is 5.92 Å². The molecule has 1 rings (SSSR count). The lowest BCUT2D eigenvalue weighted by Gasteiger charge is -2.21. The van der Waals surface area contributed by atoms with Crippen LogP contribution in [-0.2, 0) is 0 Å². The van der Waals surface area contributed by atoms with Gasteiger partial charge in [0.2, 0.25) is 0 Å². The molecule has 0 aromatic carbocycles. The molecule has 1 unspecified atom stereocenters. The van der Waals surface area contributed by atoms with E-state index in [2.05, 4.69) is 10.3 Å². The Balaban J connectivity index is 2.66. The van der Waals surface area contributed by atoms with Gasteiger partial charge >= 0.3 is 5.97 Å². The fourth-order valence-electron chi connectivity index (χ4n) is 1.93. The van der Waals surface area contributed by atoms with Crippen molar-refractivity contribution in [2.75, 3.05) is 11.9 Å². The van der Waals surface area contributed by atoms with E-state index in [0.717, 1.165) is 12.8 Å². The van der Waals surface area contributed by atoms with Crippen molar-refractivity contribution in [2.24, 2.45) is 5.92 Å². The Morgan fingerprint density at radius 3 is 2.67 bits per heavy atom. The van der Waals surface area contributed by atoms with Crippen molar-refractivity contribution in [3.05, 3.63) is 24.0 Å². The number of aliphatic hydroxyl groups excluding tert-OH is 1. The summed E-state index contributed by atoms with van der Waals surface area (Å²) in [7, 11) is 0. The van der Waals surface area contributed by atoms with Gasteiger partial charge in [-0.1, -0.05) is 26.7 Å². The molecule has 0 spiro atoms. The quantitative estimate of drug-likeness (QED) is 0.691. The number of aliphatic hydroxyl groups is 1. The SMILES string of the molecule is CCC(CC)C(O)CNc1ccncc1C(=O)O. The molecular formula is C13H20N2O3. The third kappa shape index (κ3) is 3.70. The minimum atomic E-state index is -1.03. The summed E-state index contributed by atoms with van der Waals surface area (Å²) in [5.41, 5.74) is 0.608. The average molecular weight is 252 g/mol. The summed E-state index contributed by atoms with van der Waals surface area (Å²) < 4.78 is 0. The molecule has 0 saturated heterocycles. The lowest BCUT2D eigenvalue weighted by atomic mass is 9.96. The first kappa shape index (κ1) is 14.4. The van der Waals surface area contributed by atoms with Crippen LogP contribution < -0.4 is 5.32 Å². The topological polar surface area (TPSA) is 82.5 Å². The summed E-state index contributed by atoms with van der Waals surface area (Å²) in [6, 6.07) is 1.60. The molecule has 0 bridgehead atoms. The zero-order valence-electron chi connectivity index (χ0n) is 10.8. The molecule has 0 amide bonds. The van der Waals surface area contributed by atoms with Gasteiger partial charge in [0.15, 0.2) is 0 Å². The minimum absolute atomic E-state index is 0.120. The molecule has 0 aliphatic carbocycles. The molecule has 5 nitrogen and oxygen atoms in total. The number of hydrogen-bond donors (Lipinski definition) is 3. The van der Waals surface area contributed by atoms with Gasteiger partial charge in [0.05, 0.1) is 11.8 Å². The molecule has 0 aliphatic heterocycles. The molecule has 18 heavy (non-hydrogen) atoms. The number of nitrogens with one attached hydrogen (secondary N) is 1. The molecule has 0 aliphatic rings. The lowest BCUT2D eigenvalue weighted by molar-refractivity contribution is 0.0697. The van der Waals surface area contributed by atoms with Crippen molar-refractivity contribution in [3.8, 4) is 0 Å². The number of aromatic carboxylic acids is 1. The first-order valence-electron chi connectivity index (χ1n) is 6.19. The maximum atomic E-state index is 11.0. The van der Waals surface area contributed by atoms with E-state index < -0.39 is 12.1 Å². The largest absolute Gasteiger partial charge is 0.478 e. The molecule has 1 atom stereocenters. The van der Waals surface area contributed by atoms with E-state index in [-0.39, 0.29) is 11.5 Å². The number of aromatic nitrogens is 1. The molecule has 1 aromatic heterocycles. The Labute approximate surface area is 107 Å². The van der Waals surface area contributed by atoms with Crippen LogP contribution >= 0.6 is 0 Å². The summed E-state index contributed by atoms with van der Waals surface area (Å²) in [5, 5.41) is 21.9. The molecule has 0 radical (unpaired) electrons. The summed E-state index contributed by atoms with van der Waals surface area (Å²) in [6.45, 7) is 4.41. The van der Waals surface area contributed by atoms with E-state index in [9.17, 15) is 9.90 Å². The van der Waals surface area contributed by atoms with Gasteiger partial charge in [-0.3, -0.25) is 4.98 Å². The van der Waals surface area contributed by atoms with Crippen LogP contribution in [0.25, 0.3) is 0 Å². The molecule has 1 aromatic rings. The second-order valence-corrected chi connectivity index (χ2v) is 4.25. The molecule has 0 fully saturated rings. The maximum Gasteiger partial charge on any atom is 0.339 e. The molecule has 100 valence electrons. The molecule has 1 heterocycles. The van der Waals surface area contributed by atoms with Crippen molar-refractivity contribution in [3.63, 3.8) is 0 Å². The highest BCUT2D eigenvalue weighted by molar-refractivity contribution is 5.93. The average Bonchev–Trinajstić information content (AvgIpc) is 2.38. The molecule has 3 N–H and O–H groups in total. The van der Waals surface area contributed by atoms with E-state index in [0.29, 0.717) is 12.2 Å². The fourth-order valence-corrected chi connectivity index (χ4v) is 1.93. The van der Waals surface area contributed by atoms with Crippen LogP contribution in [0.4, 0.5) is 5.69 Å². The number of anilines is 1. The highest BCUT2D eigenvalue weighted by atomic mass is 16.4. The normalized spacial score (nSPS) is 12.4. The number of hydrogen-bond acceptors (Lipinski definition) is 4. The smallest absolute Gasteiger partial charge is 0.339 e. The Kier molecular flexibility index (Phi) is 5.58. The molecular weight excluding hydrogens is 232 g/mol. The van der Waals surface area contributed by atoms with E-state index >= 15 is 0 Å². The van der Waals surface area contributed by atoms with Crippen molar-refractivity contribution in [2.45, 2.75) is 32.8 Å². The van der Waals surface area contributed by atoms with Crippen LogP contribution in [0.2, 0.25) is 0 Å². The summed E-state index contributed by atoms with van der Waals surface area (Å²) in [6.07, 6.45) is 4.16. The van der Waals surface area contributed by atoms with Gasteiger partial charge < -0.3 is 15.5 Å². The van der Waals surface area contributed by atoms with Crippen molar-refractivity contribution in [1.29, 1.82) is 0 Å². The van der Waals surface area contributed by atoms with Gasteiger partial charge in [-0.05, 0) is 12.0 Å². The van der Waals surface area contributed by atoms with Crippen molar-refractivity contribution in [1.82, 2.24) is 4.98 Å². The third-order valence-corrected chi connectivity index (χ3v) is 3.15. The number of nitrogens with zero attached hydrogens (tertiary/aromatic N) is 1. The summed E-state index contributed by atoms with van der Waals surface area (Å²) in [5.74, 6) is -0.796. The second kappa shape index (κ2) is 6.96. The number of carboxylic acids is 1. The van der Waals surface area contributed by atoms with Gasteiger partial charge in [0.1, 0.15) is 5.56 Å². The highest BCUT2D eigenvalue weighted by Crippen LogP contribution is 2.16. The number of carbonyl (C=O) groups is 1. The lowest BCUT2D eigenvalue weighted by Crippen LogP contribution is -2.28. The highest BCUT2D eigenvalue weighted by Gasteiger charge is 2.16. The second-order valence-electron chi connectivity index (χ2n) is 4.25. The van der Waals surface area contributed by atoms with Crippen LogP contribution in [-0.4, -0.2) is 33.8 Å². The van der Waals surface area contributed by atoms with Gasteiger partial charge in [-0.2, -0.15) is 0 Å². The molecule has 5 heteroatoms. The Morgan fingerprint density at radius 1 is 1.44 bits per heavy atom. The zero-order valence-corrected chi connectivity index (χ0v) is 10.8. The summed E-state index contributed by atoms with van der Waals surface area (Å²) >= 11 is 0. The third-order valence-electron chi connectivity index (χ3n) is 3.15. The van der Waals surface area contributed by atoms with Gasteiger partial charge in [0, 0.05) is 18.9 Å². The van der Waals surface area contributed by atoms with Crippen LogP contribution in [0.5, 0.6) is 0 Å². The first-order chi connectivity index (χ1) is 8.60. The predicted molar refractivity (Wildman–Crippen MR) is 69.8 cm³/mol. The van der Waals surface area contributed by atoms with E-state index in [1.807, 2.05) is 13.8 Å². The van der Waals surface area contributed by atoms with Gasteiger partial charge in [-0.25, -0.2) is 4.79 Å². The fraction of sp³-hybridized carbons (Fsp3) is 0.538. The maximum absolute atomic E-state index is 11.0. The first-order valence-corrected chi connectivity index (χ1v) is 6.19. The number of carboxylic acid groups (broad SMARTS) is 1. The van der Waals surface area contributed by atoms with Gasteiger partial charge in [-0.15, -0.1) is 0 Å². The molecule has 0 saturated carbocycles. The van der Waals surface area contributed by atoms with Crippen LogP contribution in [0.3, 0.4) is 0 Å². The number of rotatable bonds is 7. The van der Waals surface area contributed by atoms with E-state index in [1.54, 1.807) is 6.07 Å². The standard InChI is InChI=1S/C13H20N2O3/c1-3-9(4-2)12(16)8-15-11-5-6-14-7-10(11)13(17)18/h5-7,9,12,16H,3-4,8H2,1-2H3,(H,14,15)(H,17,18). The minimum Gasteiger partial charge on any atom is -0.478 e. The van der Waals surface area contributed by atoms with Crippen molar-refractivity contribution < 1.29 is 15.0 Å². The van der Waals surface area contributed by atoms with E-state index in [4.69, 9.17) is 5.11 Å². The van der Waals surface area contributed by atoms with Gasteiger partial charge in [0.25, 0.3) is 0 Å². The zero-order chi connectivity index (χ0) is 13.5. The number of pyridine rings is 1. The predicted octanol–water partition coefficient (Wildman–Crippen LogP) is 1.99. The van der Waals surface area contributed by atoms with Crippen molar-refractivity contribution >= 4 is 11.7 Å². The van der Waals surface area contributed by atoms with Crippen LogP contribution in [0.1, 0.15) is 37.0 Å². The Morgan fingerprint density at radius 2 is 2.11 bits per heavy atom. The monoisotopic (exact) mass is 252 g/mol. The Hall–Kier alpha value is -1.62. The Bertz CT molecular complexity index is 392. The van der Waals surface area contributed by atoms with E-state index in [1.165, 1.54) is 12.4 Å². The van der Waals surface area contributed by atoms with Crippen LogP contribution in [0.15, 0.2) is 18.5 Å².